The first kappa shape index (κ1) is 15.6. The van der Waals surface area contributed by atoms with Crippen LogP contribution in [0.3, 0.4) is 0 Å². The number of thiophene rings is 1. The Bertz CT molecular complexity index is 1100. The van der Waals surface area contributed by atoms with Crippen molar-refractivity contribution in [2.45, 2.75) is 26.7 Å². The summed E-state index contributed by atoms with van der Waals surface area (Å²) in [4.78, 5) is 33.9. The minimum atomic E-state index is -0.104. The Hall–Kier alpha value is -2.94. The molecule has 0 aliphatic heterocycles. The van der Waals surface area contributed by atoms with Crippen molar-refractivity contribution in [3.05, 3.63) is 51.1 Å². The van der Waals surface area contributed by atoms with Crippen molar-refractivity contribution in [2.75, 3.05) is 0 Å². The second-order valence-electron chi connectivity index (χ2n) is 5.58. The van der Waals surface area contributed by atoms with Crippen LogP contribution in [0.1, 0.15) is 22.2 Å². The molecule has 25 heavy (non-hydrogen) atoms. The van der Waals surface area contributed by atoms with E-state index in [-0.39, 0.29) is 5.56 Å². The van der Waals surface area contributed by atoms with Crippen molar-refractivity contribution in [3.63, 3.8) is 0 Å². The number of aryl methyl sites for hydroxylation is 4. The minimum absolute atomic E-state index is 0.104. The summed E-state index contributed by atoms with van der Waals surface area (Å²) in [7, 11) is 0. The molecule has 126 valence electrons. The van der Waals surface area contributed by atoms with Gasteiger partial charge in [0.25, 0.3) is 5.56 Å². The Morgan fingerprint density at radius 1 is 1.20 bits per heavy atom. The quantitative estimate of drug-likeness (QED) is 0.598. The summed E-state index contributed by atoms with van der Waals surface area (Å²) in [6, 6.07) is 0. The molecule has 0 spiro atoms. The summed E-state index contributed by atoms with van der Waals surface area (Å²) in [5.41, 5.74) is 1.44. The maximum Gasteiger partial charge on any atom is 0.259 e. The highest BCUT2D eigenvalue weighted by Gasteiger charge is 2.14. The zero-order valence-corrected chi connectivity index (χ0v) is 14.4. The SMILES string of the molecule is Cc1sc2nc(CCc3nc(-c4cnccn4)no3)[nH]c(=O)c2c1C. The van der Waals surface area contributed by atoms with Crippen LogP contribution in [-0.2, 0) is 12.8 Å². The molecular formula is C16H14N6O2S. The molecule has 0 unspecified atom stereocenters. The number of aromatic nitrogens is 6. The van der Waals surface area contributed by atoms with E-state index in [2.05, 4.69) is 30.1 Å². The molecule has 0 aliphatic carbocycles. The Morgan fingerprint density at radius 3 is 2.88 bits per heavy atom. The highest BCUT2D eigenvalue weighted by Crippen LogP contribution is 2.25. The van der Waals surface area contributed by atoms with Crippen LogP contribution >= 0.6 is 11.3 Å². The first-order valence-corrected chi connectivity index (χ1v) is 8.51. The van der Waals surface area contributed by atoms with Gasteiger partial charge in [0.15, 0.2) is 0 Å². The third-order valence-corrected chi connectivity index (χ3v) is 5.03. The molecule has 0 fully saturated rings. The summed E-state index contributed by atoms with van der Waals surface area (Å²) >= 11 is 1.53. The summed E-state index contributed by atoms with van der Waals surface area (Å²) in [6.45, 7) is 3.93. The summed E-state index contributed by atoms with van der Waals surface area (Å²) in [6.07, 6.45) is 5.70. The molecular weight excluding hydrogens is 340 g/mol. The first-order valence-electron chi connectivity index (χ1n) is 7.69. The lowest BCUT2D eigenvalue weighted by molar-refractivity contribution is 0.378. The van der Waals surface area contributed by atoms with Crippen LogP contribution in [0.15, 0.2) is 27.9 Å². The number of aromatic amines is 1. The molecule has 4 aromatic rings. The molecule has 0 bridgehead atoms. The van der Waals surface area contributed by atoms with E-state index in [9.17, 15) is 4.79 Å². The standard InChI is InChI=1S/C16H14N6O2S/c1-8-9(2)25-16-13(8)15(23)19-11(20-16)3-4-12-21-14(22-24-12)10-7-17-5-6-18-10/h5-7H,3-4H2,1-2H3,(H,19,20,23). The molecule has 0 aromatic carbocycles. The van der Waals surface area contributed by atoms with Crippen LogP contribution in [0.2, 0.25) is 0 Å². The van der Waals surface area contributed by atoms with Crippen molar-refractivity contribution >= 4 is 21.6 Å². The highest BCUT2D eigenvalue weighted by atomic mass is 32.1. The van der Waals surface area contributed by atoms with E-state index in [1.807, 2.05) is 13.8 Å². The molecule has 0 radical (unpaired) electrons. The van der Waals surface area contributed by atoms with Gasteiger partial charge in [-0.2, -0.15) is 4.98 Å². The number of hydrogen-bond donors (Lipinski definition) is 1. The maximum absolute atomic E-state index is 12.3. The van der Waals surface area contributed by atoms with Crippen molar-refractivity contribution in [3.8, 4) is 11.5 Å². The second-order valence-corrected chi connectivity index (χ2v) is 6.78. The summed E-state index contributed by atoms with van der Waals surface area (Å²) < 4.78 is 5.24. The van der Waals surface area contributed by atoms with Gasteiger partial charge in [-0.25, -0.2) is 9.97 Å². The number of H-pyrrole nitrogens is 1. The number of hydrogen-bond acceptors (Lipinski definition) is 8. The predicted octanol–water partition coefficient (Wildman–Crippen LogP) is 2.23. The molecule has 4 heterocycles. The fourth-order valence-corrected chi connectivity index (χ4v) is 3.57. The van der Waals surface area contributed by atoms with Gasteiger partial charge in [0, 0.05) is 30.1 Å². The summed E-state index contributed by atoms with van der Waals surface area (Å²) in [5, 5.41) is 4.58. The molecule has 9 heteroatoms. The topological polar surface area (TPSA) is 110 Å². The van der Waals surface area contributed by atoms with Gasteiger partial charge in [0.2, 0.25) is 11.7 Å². The average Bonchev–Trinajstić information content (AvgIpc) is 3.19. The average molecular weight is 354 g/mol. The Balaban J connectivity index is 1.55. The lowest BCUT2D eigenvalue weighted by atomic mass is 10.2. The van der Waals surface area contributed by atoms with E-state index in [0.717, 1.165) is 15.3 Å². The van der Waals surface area contributed by atoms with Gasteiger partial charge in [0.05, 0.1) is 11.6 Å². The van der Waals surface area contributed by atoms with Crippen LogP contribution in [0.5, 0.6) is 0 Å². The van der Waals surface area contributed by atoms with Gasteiger partial charge in [-0.1, -0.05) is 5.16 Å². The van der Waals surface area contributed by atoms with Crippen molar-refractivity contribution in [2.24, 2.45) is 0 Å². The third-order valence-electron chi connectivity index (χ3n) is 3.92. The molecule has 0 saturated heterocycles. The van der Waals surface area contributed by atoms with Crippen LogP contribution in [0, 0.1) is 13.8 Å². The minimum Gasteiger partial charge on any atom is -0.339 e. The Labute approximate surface area is 146 Å². The Morgan fingerprint density at radius 2 is 2.08 bits per heavy atom. The molecule has 0 amide bonds. The zero-order chi connectivity index (χ0) is 17.4. The van der Waals surface area contributed by atoms with Gasteiger partial charge < -0.3 is 9.51 Å². The van der Waals surface area contributed by atoms with Crippen LogP contribution in [-0.4, -0.2) is 30.1 Å². The van der Waals surface area contributed by atoms with Gasteiger partial charge in [-0.05, 0) is 19.4 Å². The Kier molecular flexibility index (Phi) is 3.85. The molecule has 1 N–H and O–H groups in total. The fraction of sp³-hybridized carbons (Fsp3) is 0.250. The highest BCUT2D eigenvalue weighted by molar-refractivity contribution is 7.18. The molecule has 8 nitrogen and oxygen atoms in total. The fourth-order valence-electron chi connectivity index (χ4n) is 2.52. The number of nitrogens with zero attached hydrogens (tertiary/aromatic N) is 5. The molecule has 0 saturated carbocycles. The largest absolute Gasteiger partial charge is 0.339 e. The van der Waals surface area contributed by atoms with E-state index in [0.29, 0.717) is 41.5 Å². The van der Waals surface area contributed by atoms with Crippen molar-refractivity contribution in [1.29, 1.82) is 0 Å². The van der Waals surface area contributed by atoms with E-state index in [4.69, 9.17) is 4.52 Å². The molecule has 0 aliphatic rings. The molecule has 4 rings (SSSR count). The maximum atomic E-state index is 12.3. The second kappa shape index (κ2) is 6.17. The van der Waals surface area contributed by atoms with E-state index >= 15 is 0 Å². The first-order chi connectivity index (χ1) is 12.1. The van der Waals surface area contributed by atoms with Gasteiger partial charge in [-0.15, -0.1) is 11.3 Å². The smallest absolute Gasteiger partial charge is 0.259 e. The van der Waals surface area contributed by atoms with Gasteiger partial charge in [-0.3, -0.25) is 9.78 Å². The van der Waals surface area contributed by atoms with Crippen molar-refractivity contribution < 1.29 is 4.52 Å². The lowest BCUT2D eigenvalue weighted by Gasteiger charge is -1.98. The third kappa shape index (κ3) is 2.93. The summed E-state index contributed by atoms with van der Waals surface area (Å²) in [5.74, 6) is 1.46. The molecule has 0 atom stereocenters. The van der Waals surface area contributed by atoms with Crippen molar-refractivity contribution in [1.82, 2.24) is 30.1 Å². The van der Waals surface area contributed by atoms with E-state index in [1.54, 1.807) is 18.6 Å². The van der Waals surface area contributed by atoms with Gasteiger partial charge >= 0.3 is 0 Å². The van der Waals surface area contributed by atoms with Gasteiger partial charge in [0.1, 0.15) is 16.3 Å². The normalized spacial score (nSPS) is 11.3. The van der Waals surface area contributed by atoms with E-state index in [1.165, 1.54) is 11.3 Å². The molecule has 4 aromatic heterocycles. The van der Waals surface area contributed by atoms with Crippen LogP contribution < -0.4 is 5.56 Å². The number of fused-ring (bicyclic) bond motifs is 1. The van der Waals surface area contributed by atoms with Crippen LogP contribution in [0.25, 0.3) is 21.7 Å². The number of nitrogens with one attached hydrogen (secondary N) is 1. The zero-order valence-electron chi connectivity index (χ0n) is 13.6. The lowest BCUT2D eigenvalue weighted by Crippen LogP contribution is -2.12. The van der Waals surface area contributed by atoms with E-state index < -0.39 is 0 Å². The monoisotopic (exact) mass is 354 g/mol. The van der Waals surface area contributed by atoms with Crippen LogP contribution in [0.4, 0.5) is 0 Å². The predicted molar refractivity (Wildman–Crippen MR) is 92.4 cm³/mol. The number of rotatable bonds is 4.